The minimum absolute atomic E-state index is 0.0365. The highest BCUT2D eigenvalue weighted by Gasteiger charge is 2.23. The van der Waals surface area contributed by atoms with Gasteiger partial charge in [-0.25, -0.2) is 12.7 Å². The number of amides is 1. The van der Waals surface area contributed by atoms with Crippen molar-refractivity contribution in [2.24, 2.45) is 0 Å². The van der Waals surface area contributed by atoms with Crippen LogP contribution >= 0.6 is 0 Å². The van der Waals surface area contributed by atoms with Gasteiger partial charge in [0.05, 0.1) is 4.90 Å². The number of nitrogens with zero attached hydrogens (tertiary/aromatic N) is 2. The Morgan fingerprint density at radius 3 is 2.79 bits per heavy atom. The molecule has 2 aromatic rings. The number of carbonyl (C=O) groups excluding carboxylic acids is 1. The molecule has 0 saturated carbocycles. The van der Waals surface area contributed by atoms with Crippen LogP contribution in [-0.4, -0.2) is 37.2 Å². The van der Waals surface area contributed by atoms with Gasteiger partial charge in [0.1, 0.15) is 0 Å². The predicted molar refractivity (Wildman–Crippen MR) is 91.1 cm³/mol. The summed E-state index contributed by atoms with van der Waals surface area (Å²) in [6.45, 7) is 0.354. The van der Waals surface area contributed by atoms with E-state index in [0.29, 0.717) is 31.5 Å². The van der Waals surface area contributed by atoms with Gasteiger partial charge in [0, 0.05) is 44.0 Å². The first-order valence-electron chi connectivity index (χ1n) is 7.76. The predicted octanol–water partition coefficient (Wildman–Crippen LogP) is 1.83. The molecule has 1 aromatic heterocycles. The quantitative estimate of drug-likeness (QED) is 0.897. The largest absolute Gasteiger partial charge is 0.326 e. The first-order chi connectivity index (χ1) is 11.5. The Bertz CT molecular complexity index is 851. The van der Waals surface area contributed by atoms with Crippen molar-refractivity contribution in [1.82, 2.24) is 9.29 Å². The summed E-state index contributed by atoms with van der Waals surface area (Å²) >= 11 is 0. The number of nitrogens with one attached hydrogen (secondary N) is 1. The molecule has 126 valence electrons. The molecule has 1 aromatic carbocycles. The molecule has 0 saturated heterocycles. The molecule has 24 heavy (non-hydrogen) atoms. The summed E-state index contributed by atoms with van der Waals surface area (Å²) < 4.78 is 26.8. The van der Waals surface area contributed by atoms with Crippen molar-refractivity contribution in [3.63, 3.8) is 0 Å². The van der Waals surface area contributed by atoms with Gasteiger partial charge in [0.25, 0.3) is 0 Å². The third kappa shape index (κ3) is 3.47. The number of likely N-dealkylation sites (N-methyl/N-ethyl adjacent to an activating group) is 1. The van der Waals surface area contributed by atoms with E-state index in [1.54, 1.807) is 25.4 Å². The summed E-state index contributed by atoms with van der Waals surface area (Å²) in [6.07, 6.45) is 3.19. The molecule has 0 aliphatic carbocycles. The van der Waals surface area contributed by atoms with Gasteiger partial charge < -0.3 is 5.32 Å². The van der Waals surface area contributed by atoms with Gasteiger partial charge in [0.15, 0.2) is 0 Å². The van der Waals surface area contributed by atoms with Gasteiger partial charge in [-0.05, 0) is 42.3 Å². The molecule has 0 bridgehead atoms. The zero-order valence-electron chi connectivity index (χ0n) is 13.4. The molecule has 3 rings (SSSR count). The number of fused-ring (bicyclic) bond motifs is 1. The van der Waals surface area contributed by atoms with Crippen LogP contribution in [0.15, 0.2) is 47.5 Å². The van der Waals surface area contributed by atoms with Crippen LogP contribution in [0.2, 0.25) is 0 Å². The summed E-state index contributed by atoms with van der Waals surface area (Å²) in [5.41, 5.74) is 2.41. The number of sulfonamides is 1. The first kappa shape index (κ1) is 16.6. The molecule has 2 heterocycles. The second kappa shape index (κ2) is 6.70. The highest BCUT2D eigenvalue weighted by Crippen LogP contribution is 2.26. The van der Waals surface area contributed by atoms with Crippen LogP contribution in [0.25, 0.3) is 0 Å². The minimum Gasteiger partial charge on any atom is -0.326 e. The van der Waals surface area contributed by atoms with E-state index in [2.05, 4.69) is 10.3 Å². The molecule has 1 aliphatic rings. The Kier molecular flexibility index (Phi) is 4.64. The van der Waals surface area contributed by atoms with Gasteiger partial charge in [-0.2, -0.15) is 0 Å². The fourth-order valence-electron chi connectivity index (χ4n) is 2.64. The minimum atomic E-state index is -3.56. The lowest BCUT2D eigenvalue weighted by Gasteiger charge is -2.20. The summed E-state index contributed by atoms with van der Waals surface area (Å²) in [7, 11) is -1.99. The van der Waals surface area contributed by atoms with Crippen LogP contribution in [0.3, 0.4) is 0 Å². The first-order valence-corrected chi connectivity index (χ1v) is 9.20. The van der Waals surface area contributed by atoms with E-state index in [1.165, 1.54) is 10.4 Å². The fourth-order valence-corrected chi connectivity index (χ4v) is 3.86. The molecule has 7 heteroatoms. The lowest BCUT2D eigenvalue weighted by atomic mass is 10.0. The zero-order chi connectivity index (χ0) is 17.2. The van der Waals surface area contributed by atoms with Crippen molar-refractivity contribution in [3.8, 4) is 0 Å². The van der Waals surface area contributed by atoms with Gasteiger partial charge in [-0.1, -0.05) is 6.07 Å². The average Bonchev–Trinajstić information content (AvgIpc) is 2.60. The number of hydrogen-bond donors (Lipinski definition) is 1. The Morgan fingerprint density at radius 2 is 2.04 bits per heavy atom. The summed E-state index contributed by atoms with van der Waals surface area (Å²) in [5.74, 6) is -0.0365. The van der Waals surface area contributed by atoms with Crippen LogP contribution in [0.4, 0.5) is 5.69 Å². The van der Waals surface area contributed by atoms with Gasteiger partial charge in [-0.15, -0.1) is 0 Å². The summed E-state index contributed by atoms with van der Waals surface area (Å²) in [5, 5.41) is 2.76. The summed E-state index contributed by atoms with van der Waals surface area (Å²) in [6, 6.07) is 10.4. The van der Waals surface area contributed by atoms with Crippen LogP contribution in [0.1, 0.15) is 17.7 Å². The molecule has 0 atom stereocenters. The van der Waals surface area contributed by atoms with E-state index in [1.807, 2.05) is 18.2 Å². The zero-order valence-corrected chi connectivity index (χ0v) is 14.2. The van der Waals surface area contributed by atoms with Crippen LogP contribution in [-0.2, 0) is 27.7 Å². The average molecular weight is 345 g/mol. The monoisotopic (exact) mass is 345 g/mol. The van der Waals surface area contributed by atoms with Crippen molar-refractivity contribution in [2.45, 2.75) is 24.2 Å². The van der Waals surface area contributed by atoms with E-state index in [-0.39, 0.29) is 10.8 Å². The molecule has 0 fully saturated rings. The normalized spacial score (nSPS) is 14.3. The van der Waals surface area contributed by atoms with E-state index in [9.17, 15) is 13.2 Å². The highest BCUT2D eigenvalue weighted by atomic mass is 32.2. The van der Waals surface area contributed by atoms with Crippen molar-refractivity contribution < 1.29 is 13.2 Å². The number of pyridine rings is 1. The maximum atomic E-state index is 12.7. The Morgan fingerprint density at radius 1 is 1.21 bits per heavy atom. The topological polar surface area (TPSA) is 79.4 Å². The third-order valence-electron chi connectivity index (χ3n) is 4.09. The highest BCUT2D eigenvalue weighted by molar-refractivity contribution is 7.89. The number of rotatable bonds is 5. The number of hydrogen-bond acceptors (Lipinski definition) is 4. The van der Waals surface area contributed by atoms with E-state index in [0.717, 1.165) is 11.3 Å². The molecule has 0 spiro atoms. The molecule has 1 N–H and O–H groups in total. The smallest absolute Gasteiger partial charge is 0.242 e. The molecular formula is C17H19N3O3S. The Hall–Kier alpha value is -2.25. The van der Waals surface area contributed by atoms with E-state index >= 15 is 0 Å². The SMILES string of the molecule is CN(CCc1ccccn1)S(=O)(=O)c1ccc2c(c1)CCC(=O)N2. The van der Waals surface area contributed by atoms with Crippen LogP contribution < -0.4 is 5.32 Å². The van der Waals surface area contributed by atoms with E-state index in [4.69, 9.17) is 0 Å². The lowest BCUT2D eigenvalue weighted by Crippen LogP contribution is -2.29. The van der Waals surface area contributed by atoms with Gasteiger partial charge in [-0.3, -0.25) is 9.78 Å². The number of aromatic nitrogens is 1. The lowest BCUT2D eigenvalue weighted by molar-refractivity contribution is -0.116. The van der Waals surface area contributed by atoms with Crippen LogP contribution in [0.5, 0.6) is 0 Å². The van der Waals surface area contributed by atoms with Gasteiger partial charge in [0.2, 0.25) is 15.9 Å². The molecule has 6 nitrogen and oxygen atoms in total. The summed E-state index contributed by atoms with van der Waals surface area (Å²) in [4.78, 5) is 15.9. The second-order valence-corrected chi connectivity index (χ2v) is 7.81. The standard InChI is InChI=1S/C17H19N3O3S/c1-20(11-9-14-4-2-3-10-18-14)24(22,23)15-6-7-16-13(12-15)5-8-17(21)19-16/h2-4,6-7,10,12H,5,8-9,11H2,1H3,(H,19,21). The van der Waals surface area contributed by atoms with Crippen molar-refractivity contribution in [2.75, 3.05) is 18.9 Å². The number of benzene rings is 1. The number of anilines is 1. The maximum Gasteiger partial charge on any atom is 0.242 e. The molecular weight excluding hydrogens is 326 g/mol. The second-order valence-electron chi connectivity index (χ2n) is 5.76. The van der Waals surface area contributed by atoms with E-state index < -0.39 is 10.0 Å². The molecule has 1 amide bonds. The number of carbonyl (C=O) groups is 1. The fraction of sp³-hybridized carbons (Fsp3) is 0.294. The third-order valence-corrected chi connectivity index (χ3v) is 5.94. The van der Waals surface area contributed by atoms with Crippen molar-refractivity contribution in [1.29, 1.82) is 0 Å². The molecule has 0 radical (unpaired) electrons. The van der Waals surface area contributed by atoms with Crippen molar-refractivity contribution in [3.05, 3.63) is 53.9 Å². The van der Waals surface area contributed by atoms with Crippen molar-refractivity contribution >= 4 is 21.6 Å². The Balaban J connectivity index is 1.76. The molecule has 1 aliphatic heterocycles. The Labute approximate surface area is 141 Å². The number of aryl methyl sites for hydroxylation is 1. The molecule has 0 unspecified atom stereocenters. The maximum absolute atomic E-state index is 12.7. The van der Waals surface area contributed by atoms with Crippen LogP contribution in [0, 0.1) is 0 Å². The van der Waals surface area contributed by atoms with Gasteiger partial charge >= 0.3 is 0 Å².